The summed E-state index contributed by atoms with van der Waals surface area (Å²) in [4.78, 5) is 5.55. The van der Waals surface area contributed by atoms with Crippen molar-refractivity contribution in [1.29, 1.82) is 0 Å². The summed E-state index contributed by atoms with van der Waals surface area (Å²) in [6, 6.07) is 9.84. The summed E-state index contributed by atoms with van der Waals surface area (Å²) in [6.07, 6.45) is 0. The lowest BCUT2D eigenvalue weighted by molar-refractivity contribution is -0.0358. The molecule has 1 aromatic rings. The Morgan fingerprint density at radius 3 is 2.75 bits per heavy atom. The van der Waals surface area contributed by atoms with E-state index in [-0.39, 0.29) is 0 Å². The molecule has 1 aromatic carbocycles. The predicted octanol–water partition coefficient (Wildman–Crippen LogP) is 0.843. The van der Waals surface area contributed by atoms with Crippen LogP contribution in [-0.2, 0) is 0 Å². The van der Waals surface area contributed by atoms with Crippen LogP contribution in [-0.4, -0.2) is 24.8 Å². The van der Waals surface area contributed by atoms with Gasteiger partial charge in [0.15, 0.2) is 0 Å². The second-order valence-corrected chi connectivity index (χ2v) is 2.77. The summed E-state index contributed by atoms with van der Waals surface area (Å²) in [5, 5.41) is 5.11. The zero-order valence-electron chi connectivity index (χ0n) is 6.86. The van der Waals surface area contributed by atoms with Crippen molar-refractivity contribution in [3.8, 4) is 5.75 Å². The van der Waals surface area contributed by atoms with Crippen LogP contribution >= 0.6 is 0 Å². The average Bonchev–Trinajstić information content (AvgIpc) is 2.59. The van der Waals surface area contributed by atoms with E-state index in [1.165, 1.54) is 0 Å². The molecule has 0 bridgehead atoms. The number of nitrogens with zero attached hydrogens (tertiary/aromatic N) is 1. The zero-order chi connectivity index (χ0) is 8.23. The third-order valence-electron chi connectivity index (χ3n) is 1.80. The second-order valence-electron chi connectivity index (χ2n) is 2.77. The van der Waals surface area contributed by atoms with E-state index in [0.717, 1.165) is 25.5 Å². The number of benzene rings is 1. The standard InChI is InChI=1S/C9H12N2O/c1-2-4-9(5-3-1)12-11-7-6-10-8-11/h1-5,10H,6-8H2. The van der Waals surface area contributed by atoms with Crippen molar-refractivity contribution in [2.45, 2.75) is 0 Å². The maximum Gasteiger partial charge on any atom is 0.147 e. The Hall–Kier alpha value is -1.06. The topological polar surface area (TPSA) is 24.5 Å². The van der Waals surface area contributed by atoms with E-state index < -0.39 is 0 Å². The third-order valence-corrected chi connectivity index (χ3v) is 1.80. The maximum atomic E-state index is 5.55. The molecule has 3 heteroatoms. The van der Waals surface area contributed by atoms with Gasteiger partial charge in [0.2, 0.25) is 0 Å². The first-order valence-corrected chi connectivity index (χ1v) is 4.14. The van der Waals surface area contributed by atoms with Gasteiger partial charge in [-0.25, -0.2) is 0 Å². The van der Waals surface area contributed by atoms with Crippen LogP contribution in [0.2, 0.25) is 0 Å². The summed E-state index contributed by atoms with van der Waals surface area (Å²) in [5.41, 5.74) is 0. The number of para-hydroxylation sites is 1. The molecular weight excluding hydrogens is 152 g/mol. The Morgan fingerprint density at radius 1 is 1.25 bits per heavy atom. The minimum absolute atomic E-state index is 0.814. The SMILES string of the molecule is c1ccc(ON2CCNC2)cc1. The molecule has 0 aromatic heterocycles. The Bertz CT molecular complexity index is 232. The van der Waals surface area contributed by atoms with Gasteiger partial charge in [0.25, 0.3) is 0 Å². The van der Waals surface area contributed by atoms with Gasteiger partial charge < -0.3 is 10.2 Å². The zero-order valence-corrected chi connectivity index (χ0v) is 6.86. The van der Waals surface area contributed by atoms with Crippen LogP contribution < -0.4 is 10.2 Å². The minimum Gasteiger partial charge on any atom is -0.405 e. The van der Waals surface area contributed by atoms with Gasteiger partial charge in [0, 0.05) is 13.1 Å². The monoisotopic (exact) mass is 164 g/mol. The summed E-state index contributed by atoms with van der Waals surface area (Å²) in [7, 11) is 0. The van der Waals surface area contributed by atoms with Crippen LogP contribution in [0.5, 0.6) is 5.75 Å². The number of nitrogens with one attached hydrogen (secondary N) is 1. The quantitative estimate of drug-likeness (QED) is 0.701. The molecule has 0 unspecified atom stereocenters. The van der Waals surface area contributed by atoms with Crippen molar-refractivity contribution < 1.29 is 4.84 Å². The van der Waals surface area contributed by atoms with Gasteiger partial charge in [-0.2, -0.15) is 0 Å². The van der Waals surface area contributed by atoms with Crippen molar-refractivity contribution in [3.05, 3.63) is 30.3 Å². The van der Waals surface area contributed by atoms with Crippen LogP contribution in [0.25, 0.3) is 0 Å². The van der Waals surface area contributed by atoms with Crippen LogP contribution in [0.1, 0.15) is 0 Å². The molecule has 64 valence electrons. The first-order valence-electron chi connectivity index (χ1n) is 4.14. The summed E-state index contributed by atoms with van der Waals surface area (Å²) in [6.45, 7) is 2.77. The molecule has 12 heavy (non-hydrogen) atoms. The largest absolute Gasteiger partial charge is 0.405 e. The lowest BCUT2D eigenvalue weighted by Gasteiger charge is -2.14. The molecule has 0 spiro atoms. The van der Waals surface area contributed by atoms with Gasteiger partial charge in [0.05, 0.1) is 6.67 Å². The molecule has 3 nitrogen and oxygen atoms in total. The fraction of sp³-hybridized carbons (Fsp3) is 0.333. The first-order chi connectivity index (χ1) is 5.95. The third kappa shape index (κ3) is 1.75. The highest BCUT2D eigenvalue weighted by Gasteiger charge is 2.11. The molecule has 0 atom stereocenters. The lowest BCUT2D eigenvalue weighted by atomic mass is 10.3. The number of hydrogen-bond donors (Lipinski definition) is 1. The maximum absolute atomic E-state index is 5.55. The highest BCUT2D eigenvalue weighted by atomic mass is 16.7. The van der Waals surface area contributed by atoms with Crippen LogP contribution in [0.3, 0.4) is 0 Å². The van der Waals surface area contributed by atoms with Crippen molar-refractivity contribution in [2.24, 2.45) is 0 Å². The summed E-state index contributed by atoms with van der Waals surface area (Å²) in [5.74, 6) is 0.904. The van der Waals surface area contributed by atoms with E-state index in [0.29, 0.717) is 0 Å². The Balaban J connectivity index is 1.94. The molecule has 1 saturated heterocycles. The predicted molar refractivity (Wildman–Crippen MR) is 46.6 cm³/mol. The molecule has 0 saturated carbocycles. The average molecular weight is 164 g/mol. The first kappa shape index (κ1) is 7.58. The fourth-order valence-electron chi connectivity index (χ4n) is 1.19. The molecule has 1 N–H and O–H groups in total. The molecule has 1 heterocycles. The Morgan fingerprint density at radius 2 is 2.08 bits per heavy atom. The molecule has 0 radical (unpaired) electrons. The highest BCUT2D eigenvalue weighted by molar-refractivity contribution is 5.20. The van der Waals surface area contributed by atoms with Crippen LogP contribution in [0, 0.1) is 0 Å². The minimum atomic E-state index is 0.814. The molecule has 0 aliphatic carbocycles. The number of hydroxylamine groups is 2. The Kier molecular flexibility index (Phi) is 2.25. The van der Waals surface area contributed by atoms with Crippen LogP contribution in [0.4, 0.5) is 0 Å². The Labute approximate surface area is 71.9 Å². The molecule has 1 aliphatic rings. The van der Waals surface area contributed by atoms with E-state index in [1.54, 1.807) is 0 Å². The summed E-state index contributed by atoms with van der Waals surface area (Å²) >= 11 is 0. The van der Waals surface area contributed by atoms with E-state index in [4.69, 9.17) is 4.84 Å². The molecular formula is C9H12N2O. The second kappa shape index (κ2) is 3.56. The van der Waals surface area contributed by atoms with E-state index >= 15 is 0 Å². The highest BCUT2D eigenvalue weighted by Crippen LogP contribution is 2.10. The normalized spacial score (nSPS) is 18.0. The van der Waals surface area contributed by atoms with E-state index in [9.17, 15) is 0 Å². The van der Waals surface area contributed by atoms with Crippen molar-refractivity contribution in [3.63, 3.8) is 0 Å². The van der Waals surface area contributed by atoms with Crippen molar-refractivity contribution in [1.82, 2.24) is 10.4 Å². The molecule has 2 rings (SSSR count). The van der Waals surface area contributed by atoms with Gasteiger partial charge >= 0.3 is 0 Å². The van der Waals surface area contributed by atoms with Gasteiger partial charge in [-0.05, 0) is 12.1 Å². The number of rotatable bonds is 2. The van der Waals surface area contributed by atoms with Crippen LogP contribution in [0.15, 0.2) is 30.3 Å². The van der Waals surface area contributed by atoms with E-state index in [1.807, 2.05) is 35.4 Å². The number of hydrogen-bond acceptors (Lipinski definition) is 3. The molecule has 0 amide bonds. The van der Waals surface area contributed by atoms with Gasteiger partial charge in [-0.3, -0.25) is 0 Å². The molecule has 1 aliphatic heterocycles. The lowest BCUT2D eigenvalue weighted by Crippen LogP contribution is -2.25. The summed E-state index contributed by atoms with van der Waals surface area (Å²) < 4.78 is 0. The van der Waals surface area contributed by atoms with E-state index in [2.05, 4.69) is 5.32 Å². The smallest absolute Gasteiger partial charge is 0.147 e. The van der Waals surface area contributed by atoms with Gasteiger partial charge in [0.1, 0.15) is 5.75 Å². The van der Waals surface area contributed by atoms with Gasteiger partial charge in [-0.1, -0.05) is 18.2 Å². The van der Waals surface area contributed by atoms with Crippen molar-refractivity contribution >= 4 is 0 Å². The fourth-order valence-corrected chi connectivity index (χ4v) is 1.19. The van der Waals surface area contributed by atoms with Gasteiger partial charge in [-0.15, -0.1) is 5.06 Å². The molecule has 1 fully saturated rings. The van der Waals surface area contributed by atoms with Crippen molar-refractivity contribution in [2.75, 3.05) is 19.8 Å².